The lowest BCUT2D eigenvalue weighted by Gasteiger charge is -2.10. The standard InChI is InChI=1S/C17H11Cl2F2N3O2.C2HF3O2/c18-11-3-1-9(2-4-11)14-15(24(8-13(25)26)17(19)23-14)10-5-6-22-12(7-10)16(20)21;3-2(4,5)1(6)7/h1-7,16H,8H2,(H,25,26);(H,6,7). The van der Waals surface area contributed by atoms with Crippen molar-refractivity contribution in [1.29, 1.82) is 0 Å². The third kappa shape index (κ3) is 6.86. The Morgan fingerprint density at radius 3 is 2.09 bits per heavy atom. The number of aliphatic carboxylic acids is 2. The minimum Gasteiger partial charge on any atom is -0.480 e. The van der Waals surface area contributed by atoms with Gasteiger partial charge in [0.25, 0.3) is 6.43 Å². The van der Waals surface area contributed by atoms with Gasteiger partial charge in [-0.3, -0.25) is 9.78 Å². The number of nitrogens with zero attached hydrogens (tertiary/aromatic N) is 3. The maximum absolute atomic E-state index is 13.0. The Kier molecular flexibility index (Phi) is 8.34. The number of hydrogen-bond donors (Lipinski definition) is 2. The number of carboxylic acid groups (broad SMARTS) is 2. The van der Waals surface area contributed by atoms with E-state index in [4.69, 9.17) is 38.2 Å². The molecule has 33 heavy (non-hydrogen) atoms. The number of carboxylic acids is 2. The molecule has 14 heteroatoms. The Balaban J connectivity index is 0.000000479. The Labute approximate surface area is 192 Å². The fourth-order valence-electron chi connectivity index (χ4n) is 2.52. The van der Waals surface area contributed by atoms with Gasteiger partial charge in [-0.25, -0.2) is 18.6 Å². The lowest BCUT2D eigenvalue weighted by molar-refractivity contribution is -0.192. The maximum Gasteiger partial charge on any atom is 0.490 e. The average Bonchev–Trinajstić information content (AvgIpc) is 3.04. The monoisotopic (exact) mass is 511 g/mol. The number of benzene rings is 1. The molecule has 3 rings (SSSR count). The topological polar surface area (TPSA) is 105 Å². The van der Waals surface area contributed by atoms with Gasteiger partial charge in [0, 0.05) is 22.3 Å². The average molecular weight is 512 g/mol. The summed E-state index contributed by atoms with van der Waals surface area (Å²) in [4.78, 5) is 28.0. The molecule has 2 heterocycles. The molecule has 0 saturated heterocycles. The molecule has 0 atom stereocenters. The SMILES string of the molecule is O=C(O)C(F)(F)F.O=C(O)Cn1c(Cl)nc(-c2ccc(Cl)cc2)c1-c1ccnc(C(F)F)c1. The summed E-state index contributed by atoms with van der Waals surface area (Å²) in [6.45, 7) is -0.471. The summed E-state index contributed by atoms with van der Waals surface area (Å²) < 4.78 is 59.0. The van der Waals surface area contributed by atoms with Crippen LogP contribution in [0.5, 0.6) is 0 Å². The van der Waals surface area contributed by atoms with Crippen LogP contribution in [0.2, 0.25) is 10.3 Å². The van der Waals surface area contributed by atoms with Crippen LogP contribution in [0.4, 0.5) is 22.0 Å². The second-order valence-corrected chi connectivity index (χ2v) is 6.91. The summed E-state index contributed by atoms with van der Waals surface area (Å²) in [6.07, 6.45) is -6.62. The molecule has 0 spiro atoms. The highest BCUT2D eigenvalue weighted by Gasteiger charge is 2.38. The van der Waals surface area contributed by atoms with E-state index in [1.54, 1.807) is 24.3 Å². The first-order valence-electron chi connectivity index (χ1n) is 8.59. The van der Waals surface area contributed by atoms with Gasteiger partial charge in [-0.15, -0.1) is 0 Å². The minimum atomic E-state index is -5.08. The molecule has 0 saturated carbocycles. The smallest absolute Gasteiger partial charge is 0.480 e. The summed E-state index contributed by atoms with van der Waals surface area (Å²) in [5.41, 5.74) is 1.19. The van der Waals surface area contributed by atoms with Crippen molar-refractivity contribution in [2.24, 2.45) is 0 Å². The van der Waals surface area contributed by atoms with Crippen molar-refractivity contribution in [3.63, 3.8) is 0 Å². The van der Waals surface area contributed by atoms with E-state index in [0.29, 0.717) is 27.5 Å². The number of carbonyl (C=O) groups is 2. The van der Waals surface area contributed by atoms with Gasteiger partial charge in [-0.2, -0.15) is 13.2 Å². The number of alkyl halides is 5. The van der Waals surface area contributed by atoms with Crippen molar-refractivity contribution in [1.82, 2.24) is 14.5 Å². The predicted molar refractivity (Wildman–Crippen MR) is 107 cm³/mol. The summed E-state index contributed by atoms with van der Waals surface area (Å²) in [5.74, 6) is -3.90. The Morgan fingerprint density at radius 1 is 1.03 bits per heavy atom. The molecule has 0 aliphatic rings. The first-order chi connectivity index (χ1) is 15.3. The molecule has 0 aliphatic heterocycles. The van der Waals surface area contributed by atoms with Crippen LogP contribution >= 0.6 is 23.2 Å². The Morgan fingerprint density at radius 2 is 1.61 bits per heavy atom. The highest BCUT2D eigenvalue weighted by Crippen LogP contribution is 2.36. The molecule has 0 aliphatic carbocycles. The van der Waals surface area contributed by atoms with Crippen molar-refractivity contribution < 1.29 is 41.8 Å². The van der Waals surface area contributed by atoms with E-state index in [-0.39, 0.29) is 5.28 Å². The zero-order valence-corrected chi connectivity index (χ0v) is 17.5. The van der Waals surface area contributed by atoms with Gasteiger partial charge in [0.05, 0.1) is 11.4 Å². The fraction of sp³-hybridized carbons (Fsp3) is 0.158. The molecule has 3 aromatic rings. The number of rotatable bonds is 5. The van der Waals surface area contributed by atoms with Crippen LogP contribution in [0.3, 0.4) is 0 Å². The molecule has 1 aromatic carbocycles. The van der Waals surface area contributed by atoms with Gasteiger partial charge >= 0.3 is 18.1 Å². The fourth-order valence-corrected chi connectivity index (χ4v) is 2.88. The largest absolute Gasteiger partial charge is 0.490 e. The van der Waals surface area contributed by atoms with Gasteiger partial charge in [0.2, 0.25) is 5.28 Å². The van der Waals surface area contributed by atoms with Crippen molar-refractivity contribution in [2.75, 3.05) is 0 Å². The summed E-state index contributed by atoms with van der Waals surface area (Å²) in [5, 5.41) is 16.7. The van der Waals surface area contributed by atoms with Gasteiger partial charge < -0.3 is 14.8 Å². The van der Waals surface area contributed by atoms with Crippen molar-refractivity contribution in [3.8, 4) is 22.5 Å². The zero-order chi connectivity index (χ0) is 24.9. The number of halogens is 7. The Bertz CT molecular complexity index is 1150. The highest BCUT2D eigenvalue weighted by atomic mass is 35.5. The van der Waals surface area contributed by atoms with Crippen LogP contribution in [-0.2, 0) is 16.1 Å². The van der Waals surface area contributed by atoms with Crippen LogP contribution in [0.25, 0.3) is 22.5 Å². The summed E-state index contributed by atoms with van der Waals surface area (Å²) >= 11 is 12.0. The molecule has 0 bridgehead atoms. The quantitative estimate of drug-likeness (QED) is 0.433. The minimum absolute atomic E-state index is 0.0669. The lowest BCUT2D eigenvalue weighted by Crippen LogP contribution is -2.21. The Hall–Kier alpha value is -3.25. The molecule has 2 N–H and O–H groups in total. The normalized spacial score (nSPS) is 11.2. The second-order valence-electron chi connectivity index (χ2n) is 6.14. The van der Waals surface area contributed by atoms with Crippen LogP contribution < -0.4 is 0 Å². The van der Waals surface area contributed by atoms with E-state index in [1.165, 1.54) is 22.9 Å². The lowest BCUT2D eigenvalue weighted by atomic mass is 10.0. The second kappa shape index (κ2) is 10.6. The number of imidazole rings is 1. The first kappa shape index (κ1) is 26.0. The predicted octanol–water partition coefficient (Wildman–Crippen LogP) is 5.57. The van der Waals surface area contributed by atoms with E-state index < -0.39 is 36.8 Å². The van der Waals surface area contributed by atoms with E-state index in [9.17, 15) is 26.7 Å². The van der Waals surface area contributed by atoms with E-state index in [1.807, 2.05) is 0 Å². The highest BCUT2D eigenvalue weighted by molar-refractivity contribution is 6.30. The molecular formula is C19H12Cl2F5N3O4. The van der Waals surface area contributed by atoms with Crippen LogP contribution in [-0.4, -0.2) is 42.9 Å². The summed E-state index contributed by atoms with van der Waals surface area (Å²) in [6, 6.07) is 9.34. The first-order valence-corrected chi connectivity index (χ1v) is 9.35. The molecule has 7 nitrogen and oxygen atoms in total. The van der Waals surface area contributed by atoms with Gasteiger partial charge in [-0.1, -0.05) is 23.7 Å². The summed E-state index contributed by atoms with van der Waals surface area (Å²) in [7, 11) is 0. The van der Waals surface area contributed by atoms with E-state index in [2.05, 4.69) is 9.97 Å². The van der Waals surface area contributed by atoms with Gasteiger partial charge in [-0.05, 0) is 35.9 Å². The number of pyridine rings is 1. The zero-order valence-electron chi connectivity index (χ0n) is 16.0. The third-order valence-corrected chi connectivity index (χ3v) is 4.39. The van der Waals surface area contributed by atoms with Crippen molar-refractivity contribution >= 4 is 35.1 Å². The van der Waals surface area contributed by atoms with Crippen LogP contribution in [0.15, 0.2) is 42.6 Å². The van der Waals surface area contributed by atoms with Gasteiger partial charge in [0.15, 0.2) is 0 Å². The third-order valence-electron chi connectivity index (χ3n) is 3.85. The molecule has 176 valence electrons. The van der Waals surface area contributed by atoms with Crippen LogP contribution in [0, 0.1) is 0 Å². The van der Waals surface area contributed by atoms with E-state index >= 15 is 0 Å². The molecule has 0 unspecified atom stereocenters. The van der Waals surface area contributed by atoms with Crippen molar-refractivity contribution in [2.45, 2.75) is 19.1 Å². The van der Waals surface area contributed by atoms with Crippen molar-refractivity contribution in [3.05, 3.63) is 58.6 Å². The van der Waals surface area contributed by atoms with Gasteiger partial charge in [0.1, 0.15) is 12.2 Å². The molecule has 0 fully saturated rings. The van der Waals surface area contributed by atoms with E-state index in [0.717, 1.165) is 0 Å². The molecule has 0 radical (unpaired) electrons. The number of hydrogen-bond acceptors (Lipinski definition) is 4. The molecular weight excluding hydrogens is 500 g/mol. The molecule has 0 amide bonds. The molecule has 2 aromatic heterocycles. The number of aromatic nitrogens is 3. The maximum atomic E-state index is 13.0. The van der Waals surface area contributed by atoms with Crippen LogP contribution in [0.1, 0.15) is 12.1 Å².